The van der Waals surface area contributed by atoms with Gasteiger partial charge in [0.05, 0.1) is 25.0 Å². The van der Waals surface area contributed by atoms with E-state index in [-0.39, 0.29) is 11.7 Å². The van der Waals surface area contributed by atoms with Crippen LogP contribution in [-0.2, 0) is 16.6 Å². The molecule has 8 nitrogen and oxygen atoms in total. The van der Waals surface area contributed by atoms with Crippen molar-refractivity contribution in [3.63, 3.8) is 0 Å². The first-order chi connectivity index (χ1) is 15.8. The molecule has 0 aliphatic heterocycles. The Morgan fingerprint density at radius 3 is 2.58 bits per heavy atom. The molecule has 0 saturated carbocycles. The third-order valence-electron chi connectivity index (χ3n) is 5.07. The zero-order valence-electron chi connectivity index (χ0n) is 19.4. The van der Waals surface area contributed by atoms with Crippen LogP contribution in [0.5, 0.6) is 5.75 Å². The normalized spacial score (nSPS) is 10.8. The average molecular weight is 489 g/mol. The van der Waals surface area contributed by atoms with Gasteiger partial charge in [0.15, 0.2) is 11.0 Å². The number of amides is 1. The first-order valence-electron chi connectivity index (χ1n) is 10.6. The third kappa shape index (κ3) is 5.94. The van der Waals surface area contributed by atoms with Crippen LogP contribution in [0.1, 0.15) is 40.6 Å². The zero-order chi connectivity index (χ0) is 24.0. The van der Waals surface area contributed by atoms with E-state index in [0.29, 0.717) is 28.2 Å². The van der Waals surface area contributed by atoms with Gasteiger partial charge in [-0.15, -0.1) is 21.5 Å². The fraction of sp³-hybridized carbons (Fsp3) is 0.391. The summed E-state index contributed by atoms with van der Waals surface area (Å²) in [6.07, 6.45) is 2.11. The molecule has 2 heterocycles. The van der Waals surface area contributed by atoms with Crippen molar-refractivity contribution in [1.29, 1.82) is 0 Å². The molecule has 0 unspecified atom stereocenters. The minimum Gasteiger partial charge on any atom is -0.494 e. The SMILES string of the molecule is CCCCOc1ccc(-c2nnc(SCC(=O)Nc3sc(C)c(C)c3C(=O)OC)n2C)cc1. The smallest absolute Gasteiger partial charge is 0.341 e. The van der Waals surface area contributed by atoms with Crippen molar-refractivity contribution in [3.8, 4) is 17.1 Å². The Labute approximate surface area is 201 Å². The van der Waals surface area contributed by atoms with E-state index in [0.717, 1.165) is 34.6 Å². The van der Waals surface area contributed by atoms with Crippen LogP contribution < -0.4 is 10.1 Å². The van der Waals surface area contributed by atoms with E-state index in [1.165, 1.54) is 30.2 Å². The van der Waals surface area contributed by atoms with Crippen LogP contribution >= 0.6 is 23.1 Å². The van der Waals surface area contributed by atoms with Gasteiger partial charge in [0.2, 0.25) is 5.91 Å². The predicted octanol–water partition coefficient (Wildman–Crippen LogP) is 4.86. The fourth-order valence-corrected chi connectivity index (χ4v) is 4.86. The number of thiophene rings is 1. The molecule has 33 heavy (non-hydrogen) atoms. The number of benzene rings is 1. The Bertz CT molecular complexity index is 1120. The molecule has 10 heteroatoms. The predicted molar refractivity (Wildman–Crippen MR) is 131 cm³/mol. The summed E-state index contributed by atoms with van der Waals surface area (Å²) in [4.78, 5) is 25.6. The maximum Gasteiger partial charge on any atom is 0.341 e. The largest absolute Gasteiger partial charge is 0.494 e. The minimum atomic E-state index is -0.459. The molecule has 0 fully saturated rings. The lowest BCUT2D eigenvalue weighted by Crippen LogP contribution is -2.16. The number of aryl methyl sites for hydroxylation is 1. The molecule has 0 aliphatic rings. The number of hydrogen-bond acceptors (Lipinski definition) is 8. The molecule has 1 amide bonds. The number of rotatable bonds is 10. The van der Waals surface area contributed by atoms with E-state index in [1.54, 1.807) is 0 Å². The number of ether oxygens (including phenoxy) is 2. The number of nitrogens with zero attached hydrogens (tertiary/aromatic N) is 3. The van der Waals surface area contributed by atoms with Crippen LogP contribution in [-0.4, -0.2) is 46.1 Å². The van der Waals surface area contributed by atoms with E-state index < -0.39 is 5.97 Å². The standard InChI is InChI=1S/C23H28N4O4S2/c1-6-7-12-31-17-10-8-16(9-11-17)20-25-26-23(27(20)4)32-13-18(28)24-21-19(22(29)30-5)14(2)15(3)33-21/h8-11H,6-7,12-13H2,1-5H3,(H,24,28). The van der Waals surface area contributed by atoms with Crippen LogP contribution in [0, 0.1) is 13.8 Å². The number of anilines is 1. The van der Waals surface area contributed by atoms with Crippen molar-refractivity contribution in [2.75, 3.05) is 24.8 Å². The number of unbranched alkanes of at least 4 members (excludes halogenated alkanes) is 1. The Kier molecular flexibility index (Phi) is 8.51. The Morgan fingerprint density at radius 2 is 1.91 bits per heavy atom. The van der Waals surface area contributed by atoms with Crippen LogP contribution in [0.25, 0.3) is 11.4 Å². The molecule has 176 valence electrons. The van der Waals surface area contributed by atoms with Crippen LogP contribution in [0.2, 0.25) is 0 Å². The van der Waals surface area contributed by atoms with Gasteiger partial charge in [-0.3, -0.25) is 4.79 Å². The number of esters is 1. The molecule has 0 aliphatic carbocycles. The summed E-state index contributed by atoms with van der Waals surface area (Å²) in [7, 11) is 3.19. The highest BCUT2D eigenvalue weighted by Gasteiger charge is 2.22. The van der Waals surface area contributed by atoms with Crippen molar-refractivity contribution in [3.05, 3.63) is 40.3 Å². The van der Waals surface area contributed by atoms with Crippen LogP contribution in [0.3, 0.4) is 0 Å². The van der Waals surface area contributed by atoms with E-state index in [1.807, 2.05) is 49.7 Å². The summed E-state index contributed by atoms with van der Waals surface area (Å²) < 4.78 is 12.4. The molecule has 0 atom stereocenters. The molecule has 2 aromatic heterocycles. The second kappa shape index (κ2) is 11.3. The fourth-order valence-electron chi connectivity index (χ4n) is 3.08. The number of thioether (sulfide) groups is 1. The van der Waals surface area contributed by atoms with Crippen molar-refractivity contribution in [2.45, 2.75) is 38.8 Å². The number of aromatic nitrogens is 3. The highest BCUT2D eigenvalue weighted by molar-refractivity contribution is 7.99. The second-order valence-corrected chi connectivity index (χ2v) is 9.57. The summed E-state index contributed by atoms with van der Waals surface area (Å²) in [5.41, 5.74) is 2.13. The highest BCUT2D eigenvalue weighted by Crippen LogP contribution is 2.33. The highest BCUT2D eigenvalue weighted by atomic mass is 32.2. The summed E-state index contributed by atoms with van der Waals surface area (Å²) in [5, 5.41) is 12.5. The zero-order valence-corrected chi connectivity index (χ0v) is 21.1. The van der Waals surface area contributed by atoms with E-state index in [4.69, 9.17) is 9.47 Å². The molecule has 1 N–H and O–H groups in total. The lowest BCUT2D eigenvalue weighted by molar-refractivity contribution is -0.113. The molecule has 3 aromatic rings. The number of nitrogens with one attached hydrogen (secondary N) is 1. The van der Waals surface area contributed by atoms with Gasteiger partial charge in [-0.25, -0.2) is 4.79 Å². The molecule has 0 spiro atoms. The topological polar surface area (TPSA) is 95.3 Å². The maximum atomic E-state index is 12.6. The maximum absolute atomic E-state index is 12.6. The molecular weight excluding hydrogens is 460 g/mol. The van der Waals surface area contributed by atoms with E-state index in [9.17, 15) is 9.59 Å². The van der Waals surface area contributed by atoms with E-state index >= 15 is 0 Å². The van der Waals surface area contributed by atoms with Crippen LogP contribution in [0.4, 0.5) is 5.00 Å². The van der Waals surface area contributed by atoms with Gasteiger partial charge in [-0.05, 0) is 50.1 Å². The number of carbonyl (C=O) groups is 2. The molecule has 1 aromatic carbocycles. The first-order valence-corrected chi connectivity index (χ1v) is 12.4. The van der Waals surface area contributed by atoms with E-state index in [2.05, 4.69) is 22.4 Å². The summed E-state index contributed by atoms with van der Waals surface area (Å²) >= 11 is 2.64. The summed E-state index contributed by atoms with van der Waals surface area (Å²) in [6.45, 7) is 6.58. The third-order valence-corrected chi connectivity index (χ3v) is 7.22. The molecular formula is C23H28N4O4S2. The van der Waals surface area contributed by atoms with Crippen molar-refractivity contribution < 1.29 is 19.1 Å². The number of methoxy groups -OCH3 is 1. The molecule has 0 radical (unpaired) electrons. The quantitative estimate of drug-likeness (QED) is 0.247. The number of hydrogen-bond donors (Lipinski definition) is 1. The Balaban J connectivity index is 1.63. The summed E-state index contributed by atoms with van der Waals surface area (Å²) in [5.74, 6) is 0.970. The molecule has 3 rings (SSSR count). The second-order valence-electron chi connectivity index (χ2n) is 7.41. The first kappa shape index (κ1) is 24.8. The number of carbonyl (C=O) groups excluding carboxylic acids is 2. The lowest BCUT2D eigenvalue weighted by atomic mass is 10.1. The average Bonchev–Trinajstić information content (AvgIpc) is 3.31. The van der Waals surface area contributed by atoms with Crippen molar-refractivity contribution in [1.82, 2.24) is 14.8 Å². The van der Waals surface area contributed by atoms with Crippen molar-refractivity contribution in [2.24, 2.45) is 7.05 Å². The minimum absolute atomic E-state index is 0.132. The Morgan fingerprint density at radius 1 is 1.18 bits per heavy atom. The van der Waals surface area contributed by atoms with Gasteiger partial charge in [0, 0.05) is 17.5 Å². The lowest BCUT2D eigenvalue weighted by Gasteiger charge is -2.07. The Hall–Kier alpha value is -2.85. The van der Waals surface area contributed by atoms with Gasteiger partial charge in [-0.1, -0.05) is 25.1 Å². The van der Waals surface area contributed by atoms with Gasteiger partial charge < -0.3 is 19.4 Å². The molecule has 0 bridgehead atoms. The van der Waals surface area contributed by atoms with Gasteiger partial charge in [0.25, 0.3) is 0 Å². The van der Waals surface area contributed by atoms with Gasteiger partial charge in [-0.2, -0.15) is 0 Å². The van der Waals surface area contributed by atoms with Crippen LogP contribution in [0.15, 0.2) is 29.4 Å². The summed E-state index contributed by atoms with van der Waals surface area (Å²) in [6, 6.07) is 7.73. The van der Waals surface area contributed by atoms with Gasteiger partial charge in [0.1, 0.15) is 10.8 Å². The van der Waals surface area contributed by atoms with Crippen molar-refractivity contribution >= 4 is 40.0 Å². The monoisotopic (exact) mass is 488 g/mol. The molecule has 0 saturated heterocycles. The van der Waals surface area contributed by atoms with Gasteiger partial charge >= 0.3 is 5.97 Å².